The van der Waals surface area contributed by atoms with Crippen molar-refractivity contribution in [1.29, 1.82) is 0 Å². The average Bonchev–Trinajstić information content (AvgIpc) is 3.27. The van der Waals surface area contributed by atoms with E-state index in [0.717, 1.165) is 68.3 Å². The summed E-state index contributed by atoms with van der Waals surface area (Å²) in [5.74, 6) is 0.564. The van der Waals surface area contributed by atoms with E-state index < -0.39 is 0 Å². The Labute approximate surface area is 203 Å². The van der Waals surface area contributed by atoms with Crippen molar-refractivity contribution < 1.29 is 9.53 Å². The van der Waals surface area contributed by atoms with Crippen LogP contribution in [0.15, 0.2) is 42.6 Å². The number of amides is 1. The van der Waals surface area contributed by atoms with Crippen LogP contribution in [0.5, 0.6) is 0 Å². The van der Waals surface area contributed by atoms with Crippen molar-refractivity contribution in [3.63, 3.8) is 0 Å². The number of primary amides is 1. The molecule has 0 saturated carbocycles. The van der Waals surface area contributed by atoms with Gasteiger partial charge in [0.2, 0.25) is 5.91 Å². The molecule has 2 aromatic heterocycles. The number of fused-ring (bicyclic) bond motifs is 1. The Morgan fingerprint density at radius 2 is 2.09 bits per heavy atom. The van der Waals surface area contributed by atoms with Crippen LogP contribution in [-0.2, 0) is 16.1 Å². The summed E-state index contributed by atoms with van der Waals surface area (Å²) in [6.45, 7) is 4.33. The number of pyridine rings is 1. The Kier molecular flexibility index (Phi) is 6.80. The number of nitrogens with one attached hydrogen (secondary N) is 2. The molecule has 4 N–H and O–H groups in total. The smallest absolute Gasteiger partial charge is 0.217 e. The lowest BCUT2D eigenvalue weighted by molar-refractivity contribution is -0.119. The van der Waals surface area contributed by atoms with Crippen LogP contribution < -0.4 is 11.1 Å². The molecule has 5 rings (SSSR count). The van der Waals surface area contributed by atoms with Gasteiger partial charge < -0.3 is 20.8 Å². The number of anilines is 1. The number of hydrogen-bond acceptors (Lipinski definition) is 6. The van der Waals surface area contributed by atoms with Gasteiger partial charge in [-0.15, -0.1) is 0 Å². The molecule has 1 aliphatic carbocycles. The van der Waals surface area contributed by atoms with Crippen LogP contribution in [0.25, 0.3) is 22.6 Å². The van der Waals surface area contributed by atoms with Gasteiger partial charge in [-0.1, -0.05) is 42.0 Å². The largest absolute Gasteiger partial charge is 0.379 e. The number of aromatic amines is 1. The number of benzene rings is 1. The van der Waals surface area contributed by atoms with Gasteiger partial charge in [0.25, 0.3) is 0 Å². The van der Waals surface area contributed by atoms with Crippen molar-refractivity contribution in [2.24, 2.45) is 11.7 Å². The predicted molar refractivity (Wildman–Crippen MR) is 134 cm³/mol. The molecule has 1 aromatic carbocycles. The van der Waals surface area contributed by atoms with E-state index in [4.69, 9.17) is 27.1 Å². The van der Waals surface area contributed by atoms with Crippen molar-refractivity contribution in [3.8, 4) is 11.4 Å². The SMILES string of the molecule is NC(=O)CC1CC=CCC1Nc1c(Cl)cnc2nc(-c3cccc(CN4CCOCC4)c3)[nH]c12. The van der Waals surface area contributed by atoms with Crippen molar-refractivity contribution >= 4 is 34.4 Å². The van der Waals surface area contributed by atoms with Crippen LogP contribution in [0.2, 0.25) is 5.02 Å². The highest BCUT2D eigenvalue weighted by atomic mass is 35.5. The first-order valence-electron chi connectivity index (χ1n) is 11.7. The molecular weight excluding hydrogens is 452 g/mol. The molecular formula is C25H29ClN6O2. The summed E-state index contributed by atoms with van der Waals surface area (Å²) < 4.78 is 5.46. The second-order valence-corrected chi connectivity index (χ2v) is 9.39. The van der Waals surface area contributed by atoms with Gasteiger partial charge in [-0.3, -0.25) is 9.69 Å². The number of nitrogens with two attached hydrogens (primary N) is 1. The van der Waals surface area contributed by atoms with Gasteiger partial charge in [0.1, 0.15) is 11.3 Å². The Hall–Kier alpha value is -2.94. The second kappa shape index (κ2) is 10.1. The summed E-state index contributed by atoms with van der Waals surface area (Å²) in [6.07, 6.45) is 7.78. The molecule has 9 heteroatoms. The highest BCUT2D eigenvalue weighted by Gasteiger charge is 2.26. The molecule has 1 saturated heterocycles. The number of nitrogens with zero attached hydrogens (tertiary/aromatic N) is 3. The first kappa shape index (κ1) is 22.8. The van der Waals surface area contributed by atoms with Crippen LogP contribution >= 0.6 is 11.6 Å². The molecule has 1 fully saturated rings. The molecule has 34 heavy (non-hydrogen) atoms. The summed E-state index contributed by atoms with van der Waals surface area (Å²) in [4.78, 5) is 26.6. The number of hydrogen-bond donors (Lipinski definition) is 3. The highest BCUT2D eigenvalue weighted by Crippen LogP contribution is 2.34. The maximum absolute atomic E-state index is 11.6. The second-order valence-electron chi connectivity index (χ2n) is 8.98. The summed E-state index contributed by atoms with van der Waals surface area (Å²) in [5, 5.41) is 4.07. The maximum Gasteiger partial charge on any atom is 0.217 e. The number of morpholine rings is 1. The van der Waals surface area contributed by atoms with E-state index in [1.807, 2.05) is 6.07 Å². The topological polar surface area (TPSA) is 109 Å². The summed E-state index contributed by atoms with van der Waals surface area (Å²) in [5.41, 5.74) is 9.82. The minimum absolute atomic E-state index is 0.0456. The molecule has 1 amide bonds. The fourth-order valence-corrected chi connectivity index (χ4v) is 4.96. The third-order valence-corrected chi connectivity index (χ3v) is 6.83. The minimum Gasteiger partial charge on any atom is -0.379 e. The van der Waals surface area contributed by atoms with E-state index >= 15 is 0 Å². The van der Waals surface area contributed by atoms with Gasteiger partial charge in [-0.25, -0.2) is 9.97 Å². The van der Waals surface area contributed by atoms with Gasteiger partial charge in [-0.2, -0.15) is 0 Å². The van der Waals surface area contributed by atoms with Crippen LogP contribution in [0.1, 0.15) is 24.8 Å². The Morgan fingerprint density at radius 1 is 1.26 bits per heavy atom. The maximum atomic E-state index is 11.6. The normalized spacial score (nSPS) is 21.1. The van der Waals surface area contributed by atoms with Crippen LogP contribution in [0.4, 0.5) is 5.69 Å². The van der Waals surface area contributed by atoms with Crippen LogP contribution in [0.3, 0.4) is 0 Å². The lowest BCUT2D eigenvalue weighted by atomic mass is 9.86. The van der Waals surface area contributed by atoms with Gasteiger partial charge >= 0.3 is 0 Å². The molecule has 2 unspecified atom stereocenters. The number of allylic oxidation sites excluding steroid dienone is 1. The molecule has 3 heterocycles. The molecule has 2 aliphatic rings. The van der Waals surface area contributed by atoms with Gasteiger partial charge in [0.05, 0.1) is 30.1 Å². The van der Waals surface area contributed by atoms with Crippen LogP contribution in [-0.4, -0.2) is 58.1 Å². The Balaban J connectivity index is 1.42. The Morgan fingerprint density at radius 3 is 2.91 bits per heavy atom. The molecule has 3 aromatic rings. The first-order chi connectivity index (χ1) is 16.6. The molecule has 1 aliphatic heterocycles. The lowest BCUT2D eigenvalue weighted by Crippen LogP contribution is -2.35. The van der Waals surface area contributed by atoms with Crippen molar-refractivity contribution in [3.05, 3.63) is 53.2 Å². The molecule has 8 nitrogen and oxygen atoms in total. The summed E-state index contributed by atoms with van der Waals surface area (Å²) >= 11 is 6.57. The molecule has 0 bridgehead atoms. The number of imidazole rings is 1. The number of carbonyl (C=O) groups is 1. The summed E-state index contributed by atoms with van der Waals surface area (Å²) in [6, 6.07) is 8.45. The number of aromatic nitrogens is 3. The monoisotopic (exact) mass is 480 g/mol. The number of ether oxygens (including phenoxy) is 1. The van der Waals surface area contributed by atoms with E-state index in [9.17, 15) is 4.79 Å². The predicted octanol–water partition coefficient (Wildman–Crippen LogP) is 3.73. The number of H-pyrrole nitrogens is 1. The third kappa shape index (κ3) is 5.09. The van der Waals surface area contributed by atoms with Gasteiger partial charge in [0, 0.05) is 37.7 Å². The first-order valence-corrected chi connectivity index (χ1v) is 12.1. The average molecular weight is 481 g/mol. The summed E-state index contributed by atoms with van der Waals surface area (Å²) in [7, 11) is 0. The molecule has 0 spiro atoms. The molecule has 2 atom stereocenters. The van der Waals surface area contributed by atoms with Crippen molar-refractivity contribution in [1.82, 2.24) is 19.9 Å². The fraction of sp³-hybridized carbons (Fsp3) is 0.400. The zero-order valence-corrected chi connectivity index (χ0v) is 19.7. The zero-order valence-electron chi connectivity index (χ0n) is 19.0. The quantitative estimate of drug-likeness (QED) is 0.444. The van der Waals surface area contributed by atoms with Crippen molar-refractivity contribution in [2.45, 2.75) is 31.8 Å². The standard InChI is InChI=1S/C25H29ClN6O2/c26-19-14-28-25-23(22(19)29-20-7-2-1-5-17(20)13-21(27)33)30-24(31-25)18-6-3-4-16(12-18)15-32-8-10-34-11-9-32/h1-4,6,12,14,17,20H,5,7-11,13,15H2,(H2,27,33)(H2,28,29,30,31). The van der Waals surface area contributed by atoms with Crippen molar-refractivity contribution in [2.75, 3.05) is 31.6 Å². The molecule has 178 valence electrons. The zero-order chi connectivity index (χ0) is 23.5. The van der Waals surface area contributed by atoms with E-state index in [1.54, 1.807) is 6.20 Å². The third-order valence-electron chi connectivity index (χ3n) is 6.54. The van der Waals surface area contributed by atoms with Crippen LogP contribution in [0, 0.1) is 5.92 Å². The molecule has 0 radical (unpaired) electrons. The highest BCUT2D eigenvalue weighted by molar-refractivity contribution is 6.34. The van der Waals surface area contributed by atoms with E-state index in [-0.39, 0.29) is 17.9 Å². The number of carbonyl (C=O) groups excluding carboxylic acids is 1. The fourth-order valence-electron chi connectivity index (χ4n) is 4.76. The van der Waals surface area contributed by atoms with Gasteiger partial charge in [-0.05, 0) is 30.4 Å². The van der Waals surface area contributed by atoms with E-state index in [2.05, 4.69) is 50.5 Å². The minimum atomic E-state index is -0.293. The Bertz CT molecular complexity index is 1200. The lowest BCUT2D eigenvalue weighted by Gasteiger charge is -2.29. The van der Waals surface area contributed by atoms with E-state index in [0.29, 0.717) is 17.1 Å². The van der Waals surface area contributed by atoms with E-state index in [1.165, 1.54) is 5.56 Å². The number of rotatable bonds is 7. The van der Waals surface area contributed by atoms with Gasteiger partial charge in [0.15, 0.2) is 5.65 Å². The number of halogens is 1.